The first-order chi connectivity index (χ1) is 19.6. The lowest BCUT2D eigenvalue weighted by atomic mass is 10.1. The van der Waals surface area contributed by atoms with Crippen molar-refractivity contribution in [2.75, 3.05) is 44.4 Å². The highest BCUT2D eigenvalue weighted by molar-refractivity contribution is 7.12. The second-order valence-corrected chi connectivity index (χ2v) is 10.8. The molecule has 4 aromatic rings. The van der Waals surface area contributed by atoms with Crippen LogP contribution in [0.3, 0.4) is 0 Å². The molecule has 1 unspecified atom stereocenters. The third-order valence-corrected chi connectivity index (χ3v) is 8.04. The number of anilines is 1. The summed E-state index contributed by atoms with van der Waals surface area (Å²) in [5.41, 5.74) is 2.22. The molecule has 0 spiro atoms. The number of ether oxygens (including phenoxy) is 3. The van der Waals surface area contributed by atoms with Gasteiger partial charge in [-0.1, -0.05) is 6.07 Å². The summed E-state index contributed by atoms with van der Waals surface area (Å²) in [5.74, 6) is 0.336. The number of thiophene rings is 1. The number of halogens is 1. The minimum atomic E-state index is -0.444. The number of piperazine rings is 1. The van der Waals surface area contributed by atoms with Gasteiger partial charge in [0.25, 0.3) is 0 Å². The molecule has 206 valence electrons. The average molecular weight is 563 g/mol. The van der Waals surface area contributed by atoms with Crippen LogP contribution in [0.15, 0.2) is 48.8 Å². The molecule has 6 rings (SSSR count). The lowest BCUT2D eigenvalue weighted by Gasteiger charge is -2.34. The fourth-order valence-corrected chi connectivity index (χ4v) is 5.42. The standard InChI is InChI=1S/C28H27FN6O4S/c29-22-13-21(14-30)40-25(22)16-38-27-3-1-2-26(32-27)34-9-7-33(8-10-34)18-39-28(36)19-4-5-23-24(12-19)35(17-31-23)15-20-6-11-37-20/h1-5,12-13,17,20H,6-11,15-16,18H2. The fraction of sp³-hybridized carbons (Fsp3) is 0.357. The van der Waals surface area contributed by atoms with Gasteiger partial charge >= 0.3 is 5.97 Å². The Balaban J connectivity index is 0.994. The molecular weight excluding hydrogens is 535 g/mol. The summed E-state index contributed by atoms with van der Waals surface area (Å²) in [4.78, 5) is 26.7. The summed E-state index contributed by atoms with van der Waals surface area (Å²) >= 11 is 1.07. The molecular formula is C28H27FN6O4S. The molecule has 2 fully saturated rings. The Morgan fingerprint density at radius 2 is 2.05 bits per heavy atom. The zero-order valence-corrected chi connectivity index (χ0v) is 22.5. The number of hydrogen-bond acceptors (Lipinski definition) is 10. The van der Waals surface area contributed by atoms with Crippen LogP contribution in [0.4, 0.5) is 10.2 Å². The van der Waals surface area contributed by atoms with Gasteiger partial charge in [-0.3, -0.25) is 4.90 Å². The molecule has 1 atom stereocenters. The van der Waals surface area contributed by atoms with Crippen molar-refractivity contribution in [3.8, 4) is 11.9 Å². The highest BCUT2D eigenvalue weighted by atomic mass is 32.1. The molecule has 2 aliphatic heterocycles. The molecule has 0 N–H and O–H groups in total. The molecule has 3 aromatic heterocycles. The predicted octanol–water partition coefficient (Wildman–Crippen LogP) is 3.81. The van der Waals surface area contributed by atoms with E-state index in [0.717, 1.165) is 47.8 Å². The summed E-state index contributed by atoms with van der Waals surface area (Å²) in [6, 6.07) is 14.0. The predicted molar refractivity (Wildman–Crippen MR) is 146 cm³/mol. The molecule has 2 saturated heterocycles. The van der Waals surface area contributed by atoms with Crippen molar-refractivity contribution in [2.45, 2.75) is 25.7 Å². The number of rotatable bonds is 9. The molecule has 2 aliphatic rings. The van der Waals surface area contributed by atoms with Gasteiger partial charge in [0.15, 0.2) is 0 Å². The Morgan fingerprint density at radius 3 is 2.80 bits per heavy atom. The Bertz CT molecular complexity index is 1550. The van der Waals surface area contributed by atoms with E-state index >= 15 is 0 Å². The molecule has 0 aliphatic carbocycles. The van der Waals surface area contributed by atoms with Gasteiger partial charge in [0, 0.05) is 44.9 Å². The van der Waals surface area contributed by atoms with Crippen LogP contribution in [-0.2, 0) is 22.6 Å². The van der Waals surface area contributed by atoms with Crippen LogP contribution >= 0.6 is 11.3 Å². The van der Waals surface area contributed by atoms with Crippen molar-refractivity contribution >= 4 is 34.2 Å². The number of aromatic nitrogens is 3. The van der Waals surface area contributed by atoms with Gasteiger partial charge in [-0.05, 0) is 30.7 Å². The van der Waals surface area contributed by atoms with Crippen molar-refractivity contribution in [1.82, 2.24) is 19.4 Å². The summed E-state index contributed by atoms with van der Waals surface area (Å²) < 4.78 is 32.8. The Hall–Kier alpha value is -4.05. The van der Waals surface area contributed by atoms with Gasteiger partial charge in [-0.15, -0.1) is 11.3 Å². The van der Waals surface area contributed by atoms with Crippen LogP contribution in [0, 0.1) is 17.1 Å². The number of pyridine rings is 1. The average Bonchev–Trinajstić information content (AvgIpc) is 3.54. The molecule has 0 saturated carbocycles. The Kier molecular flexibility index (Phi) is 7.59. The van der Waals surface area contributed by atoms with E-state index in [-0.39, 0.29) is 25.4 Å². The van der Waals surface area contributed by atoms with Crippen LogP contribution in [0.2, 0.25) is 0 Å². The first-order valence-electron chi connectivity index (χ1n) is 13.0. The first kappa shape index (κ1) is 26.2. The van der Waals surface area contributed by atoms with Gasteiger partial charge < -0.3 is 23.7 Å². The van der Waals surface area contributed by atoms with Crippen LogP contribution in [0.5, 0.6) is 5.88 Å². The van der Waals surface area contributed by atoms with E-state index in [1.807, 2.05) is 34.9 Å². The zero-order chi connectivity index (χ0) is 27.5. The molecule has 5 heterocycles. The van der Waals surface area contributed by atoms with Gasteiger partial charge in [0.1, 0.15) is 35.9 Å². The van der Waals surface area contributed by atoms with Crippen molar-refractivity contribution in [1.29, 1.82) is 5.26 Å². The highest BCUT2D eigenvalue weighted by Gasteiger charge is 2.22. The Morgan fingerprint density at radius 1 is 1.20 bits per heavy atom. The molecule has 0 bridgehead atoms. The normalized spacial score (nSPS) is 17.4. The third-order valence-electron chi connectivity index (χ3n) is 7.05. The zero-order valence-electron chi connectivity index (χ0n) is 21.7. The number of nitriles is 1. The summed E-state index contributed by atoms with van der Waals surface area (Å²) in [6.45, 7) is 4.53. The first-order valence-corrected chi connectivity index (χ1v) is 13.9. The number of imidazole rings is 1. The van der Waals surface area contributed by atoms with Crippen molar-refractivity contribution in [3.05, 3.63) is 69.9 Å². The quantitative estimate of drug-likeness (QED) is 0.282. The fourth-order valence-electron chi connectivity index (χ4n) is 4.68. The van der Waals surface area contributed by atoms with E-state index in [1.54, 1.807) is 18.5 Å². The number of nitrogens with zero attached hydrogens (tertiary/aromatic N) is 6. The maximum absolute atomic E-state index is 13.9. The molecule has 12 heteroatoms. The van der Waals surface area contributed by atoms with Gasteiger partial charge in [0.2, 0.25) is 5.88 Å². The summed E-state index contributed by atoms with van der Waals surface area (Å²) in [5, 5.41) is 8.94. The molecule has 10 nitrogen and oxygen atoms in total. The smallest absolute Gasteiger partial charge is 0.339 e. The van der Waals surface area contributed by atoms with E-state index in [2.05, 4.69) is 19.8 Å². The molecule has 0 radical (unpaired) electrons. The van der Waals surface area contributed by atoms with E-state index in [4.69, 9.17) is 19.5 Å². The second-order valence-electron chi connectivity index (χ2n) is 9.66. The molecule has 1 aromatic carbocycles. The minimum absolute atomic E-state index is 0.0119. The van der Waals surface area contributed by atoms with E-state index < -0.39 is 5.82 Å². The maximum Gasteiger partial charge on any atom is 0.339 e. The van der Waals surface area contributed by atoms with E-state index in [0.29, 0.717) is 47.4 Å². The van der Waals surface area contributed by atoms with E-state index in [9.17, 15) is 9.18 Å². The Labute approximate surface area is 234 Å². The lowest BCUT2D eigenvalue weighted by Crippen LogP contribution is -2.47. The summed E-state index contributed by atoms with van der Waals surface area (Å²) in [6.07, 6.45) is 3.02. The van der Waals surface area contributed by atoms with Crippen LogP contribution in [0.1, 0.15) is 26.5 Å². The number of esters is 1. The van der Waals surface area contributed by atoms with Gasteiger partial charge in [0.05, 0.1) is 40.5 Å². The SMILES string of the molecule is N#Cc1cc(F)c(COc2cccc(N3CCN(COC(=O)c4ccc5ncn(CC6CCO6)c5c4)CC3)n2)s1. The van der Waals surface area contributed by atoms with Crippen molar-refractivity contribution in [2.24, 2.45) is 0 Å². The van der Waals surface area contributed by atoms with Gasteiger partial charge in [-0.2, -0.15) is 10.2 Å². The lowest BCUT2D eigenvalue weighted by molar-refractivity contribution is -0.0586. The minimum Gasteiger partial charge on any atom is -0.472 e. The molecule has 40 heavy (non-hydrogen) atoms. The van der Waals surface area contributed by atoms with Crippen LogP contribution < -0.4 is 9.64 Å². The summed E-state index contributed by atoms with van der Waals surface area (Å²) in [7, 11) is 0. The van der Waals surface area contributed by atoms with Crippen molar-refractivity contribution in [3.63, 3.8) is 0 Å². The number of hydrogen-bond donors (Lipinski definition) is 0. The van der Waals surface area contributed by atoms with E-state index in [1.165, 1.54) is 6.07 Å². The second kappa shape index (κ2) is 11.6. The topological polar surface area (TPSA) is 106 Å². The van der Waals surface area contributed by atoms with Crippen molar-refractivity contribution < 1.29 is 23.4 Å². The number of carbonyl (C=O) groups is 1. The number of benzene rings is 1. The number of fused-ring (bicyclic) bond motifs is 1. The van der Waals surface area contributed by atoms with Crippen LogP contribution in [0.25, 0.3) is 11.0 Å². The third kappa shape index (κ3) is 5.77. The highest BCUT2D eigenvalue weighted by Crippen LogP contribution is 2.24. The number of carbonyl (C=O) groups excluding carboxylic acids is 1. The van der Waals surface area contributed by atoms with Gasteiger partial charge in [-0.25, -0.2) is 14.2 Å². The van der Waals surface area contributed by atoms with Crippen LogP contribution in [-0.4, -0.2) is 71.0 Å². The monoisotopic (exact) mass is 562 g/mol. The molecule has 0 amide bonds. The maximum atomic E-state index is 13.9. The largest absolute Gasteiger partial charge is 0.472 e.